The highest BCUT2D eigenvalue weighted by atomic mass is 16.5. The Morgan fingerprint density at radius 2 is 2.03 bits per heavy atom. The number of methoxy groups -OCH3 is 2. The van der Waals surface area contributed by atoms with Crippen LogP contribution in [0, 0.1) is 11.8 Å². The zero-order chi connectivity index (χ0) is 22.9. The number of tetrazole rings is 1. The molecule has 1 fully saturated rings. The average Bonchev–Trinajstić information content (AvgIpc) is 3.26. The molecule has 1 heterocycles. The van der Waals surface area contributed by atoms with Crippen molar-refractivity contribution in [2.75, 3.05) is 33.9 Å². The SMILES string of the molecule is CCOC(=O)Cn1nnnc1C(NCC1CCCC(CN)C1)c1ccc(OC)c(OC)c1. The van der Waals surface area contributed by atoms with Crippen LogP contribution >= 0.6 is 0 Å². The molecule has 10 heteroatoms. The summed E-state index contributed by atoms with van der Waals surface area (Å²) in [4.78, 5) is 12.1. The first-order chi connectivity index (χ1) is 15.6. The number of nitrogens with two attached hydrogens (primary N) is 1. The molecule has 3 atom stereocenters. The fraction of sp³-hybridized carbons (Fsp3) is 0.636. The molecule has 1 saturated carbocycles. The van der Waals surface area contributed by atoms with Crippen LogP contribution in [0.25, 0.3) is 0 Å². The van der Waals surface area contributed by atoms with Gasteiger partial charge in [-0.25, -0.2) is 4.68 Å². The molecule has 32 heavy (non-hydrogen) atoms. The molecule has 3 unspecified atom stereocenters. The number of aromatic nitrogens is 4. The molecule has 0 amide bonds. The van der Waals surface area contributed by atoms with Crippen molar-refractivity contribution in [1.82, 2.24) is 25.5 Å². The van der Waals surface area contributed by atoms with E-state index < -0.39 is 0 Å². The predicted octanol–water partition coefficient (Wildman–Crippen LogP) is 1.70. The van der Waals surface area contributed by atoms with Crippen molar-refractivity contribution < 1.29 is 19.0 Å². The third-order valence-corrected chi connectivity index (χ3v) is 5.98. The lowest BCUT2D eigenvalue weighted by Crippen LogP contribution is -2.34. The van der Waals surface area contributed by atoms with E-state index in [-0.39, 0.29) is 18.6 Å². The van der Waals surface area contributed by atoms with Gasteiger partial charge < -0.3 is 25.3 Å². The number of ether oxygens (including phenoxy) is 3. The fourth-order valence-corrected chi connectivity index (χ4v) is 4.34. The monoisotopic (exact) mass is 446 g/mol. The Morgan fingerprint density at radius 3 is 2.75 bits per heavy atom. The number of carbonyl (C=O) groups excluding carboxylic acids is 1. The molecular weight excluding hydrogens is 412 g/mol. The van der Waals surface area contributed by atoms with Crippen molar-refractivity contribution in [1.29, 1.82) is 0 Å². The summed E-state index contributed by atoms with van der Waals surface area (Å²) < 4.78 is 17.4. The van der Waals surface area contributed by atoms with Gasteiger partial charge in [0.05, 0.1) is 26.9 Å². The maximum absolute atomic E-state index is 12.1. The Morgan fingerprint density at radius 1 is 1.25 bits per heavy atom. The standard InChI is InChI=1S/C22H34N6O4/c1-4-32-20(29)14-28-22(25-26-27-28)21(17-8-9-18(30-2)19(11-17)31-3)24-13-16-7-5-6-15(10-16)12-23/h8-9,11,15-16,21,24H,4-7,10,12-14,23H2,1-3H3. The lowest BCUT2D eigenvalue weighted by molar-refractivity contribution is -0.144. The molecule has 0 spiro atoms. The van der Waals surface area contributed by atoms with Crippen LogP contribution in [0.15, 0.2) is 18.2 Å². The number of rotatable bonds is 11. The van der Waals surface area contributed by atoms with E-state index in [0.717, 1.165) is 31.5 Å². The quantitative estimate of drug-likeness (QED) is 0.496. The maximum Gasteiger partial charge on any atom is 0.327 e. The summed E-state index contributed by atoms with van der Waals surface area (Å²) in [6.45, 7) is 3.54. The van der Waals surface area contributed by atoms with E-state index in [2.05, 4.69) is 20.8 Å². The Kier molecular flexibility index (Phi) is 8.81. The van der Waals surface area contributed by atoms with Crippen molar-refractivity contribution in [3.05, 3.63) is 29.6 Å². The minimum absolute atomic E-state index is 0.0552. The number of nitrogens with zero attached hydrogens (tertiary/aromatic N) is 4. The van der Waals surface area contributed by atoms with E-state index in [1.165, 1.54) is 17.5 Å². The number of esters is 1. The largest absolute Gasteiger partial charge is 0.493 e. The van der Waals surface area contributed by atoms with E-state index in [4.69, 9.17) is 19.9 Å². The Hall–Kier alpha value is -2.72. The van der Waals surface area contributed by atoms with Crippen LogP contribution in [-0.4, -0.2) is 60.1 Å². The van der Waals surface area contributed by atoms with Gasteiger partial charge in [0.2, 0.25) is 0 Å². The summed E-state index contributed by atoms with van der Waals surface area (Å²) >= 11 is 0. The summed E-state index contributed by atoms with van der Waals surface area (Å²) in [6.07, 6.45) is 4.66. The molecule has 1 aliphatic carbocycles. The number of hydrogen-bond acceptors (Lipinski definition) is 9. The molecule has 3 rings (SSSR count). The van der Waals surface area contributed by atoms with Crippen LogP contribution in [0.2, 0.25) is 0 Å². The first-order valence-corrected chi connectivity index (χ1v) is 11.2. The second-order valence-electron chi connectivity index (χ2n) is 8.09. The molecule has 1 aliphatic rings. The number of carbonyl (C=O) groups is 1. The molecule has 0 bridgehead atoms. The van der Waals surface area contributed by atoms with Crippen molar-refractivity contribution in [3.8, 4) is 11.5 Å². The van der Waals surface area contributed by atoms with Gasteiger partial charge in [0.25, 0.3) is 0 Å². The third kappa shape index (κ3) is 5.95. The summed E-state index contributed by atoms with van der Waals surface area (Å²) in [5.41, 5.74) is 6.83. The number of hydrogen-bond donors (Lipinski definition) is 2. The average molecular weight is 447 g/mol. The minimum Gasteiger partial charge on any atom is -0.493 e. The van der Waals surface area contributed by atoms with Crippen LogP contribution in [0.3, 0.4) is 0 Å². The summed E-state index contributed by atoms with van der Waals surface area (Å²) in [5.74, 6) is 2.50. The first-order valence-electron chi connectivity index (χ1n) is 11.2. The normalized spacial score (nSPS) is 19.4. The Balaban J connectivity index is 1.87. The first kappa shape index (κ1) is 23.9. The molecule has 176 valence electrons. The summed E-state index contributed by atoms with van der Waals surface area (Å²) in [6, 6.07) is 5.38. The smallest absolute Gasteiger partial charge is 0.327 e. The molecule has 0 radical (unpaired) electrons. The lowest BCUT2D eigenvalue weighted by Gasteiger charge is -2.30. The van der Waals surface area contributed by atoms with Gasteiger partial charge in [-0.2, -0.15) is 0 Å². The Bertz CT molecular complexity index is 874. The third-order valence-electron chi connectivity index (χ3n) is 5.98. The second-order valence-corrected chi connectivity index (χ2v) is 8.09. The molecule has 0 aliphatic heterocycles. The highest BCUT2D eigenvalue weighted by molar-refractivity contribution is 5.69. The maximum atomic E-state index is 12.1. The van der Waals surface area contributed by atoms with Gasteiger partial charge in [-0.3, -0.25) is 4.79 Å². The van der Waals surface area contributed by atoms with Gasteiger partial charge in [-0.1, -0.05) is 12.5 Å². The van der Waals surface area contributed by atoms with E-state index >= 15 is 0 Å². The van der Waals surface area contributed by atoms with Crippen LogP contribution in [-0.2, 0) is 16.1 Å². The molecular formula is C22H34N6O4. The highest BCUT2D eigenvalue weighted by Crippen LogP contribution is 2.33. The predicted molar refractivity (Wildman–Crippen MR) is 118 cm³/mol. The van der Waals surface area contributed by atoms with Gasteiger partial charge in [0.1, 0.15) is 6.54 Å². The minimum atomic E-state index is -0.384. The van der Waals surface area contributed by atoms with Gasteiger partial charge in [-0.15, -0.1) is 5.10 Å². The van der Waals surface area contributed by atoms with Crippen molar-refractivity contribution in [2.24, 2.45) is 17.6 Å². The van der Waals surface area contributed by atoms with Crippen molar-refractivity contribution >= 4 is 5.97 Å². The van der Waals surface area contributed by atoms with E-state index in [1.54, 1.807) is 21.1 Å². The molecule has 0 saturated heterocycles. The lowest BCUT2D eigenvalue weighted by atomic mass is 9.81. The topological polar surface area (TPSA) is 126 Å². The van der Waals surface area contributed by atoms with Crippen LogP contribution in [0.5, 0.6) is 11.5 Å². The zero-order valence-electron chi connectivity index (χ0n) is 19.1. The van der Waals surface area contributed by atoms with Gasteiger partial charge in [-0.05, 0) is 79.2 Å². The Labute approximate surface area is 188 Å². The van der Waals surface area contributed by atoms with Crippen molar-refractivity contribution in [3.63, 3.8) is 0 Å². The molecule has 10 nitrogen and oxygen atoms in total. The van der Waals surface area contributed by atoms with Crippen LogP contribution in [0.4, 0.5) is 0 Å². The van der Waals surface area contributed by atoms with Crippen LogP contribution < -0.4 is 20.5 Å². The number of benzene rings is 1. The van der Waals surface area contributed by atoms with E-state index in [9.17, 15) is 4.79 Å². The molecule has 3 N–H and O–H groups in total. The van der Waals surface area contributed by atoms with E-state index in [1.807, 2.05) is 18.2 Å². The van der Waals surface area contributed by atoms with Crippen molar-refractivity contribution in [2.45, 2.75) is 45.2 Å². The second kappa shape index (κ2) is 11.8. The fourth-order valence-electron chi connectivity index (χ4n) is 4.34. The van der Waals surface area contributed by atoms with Gasteiger partial charge >= 0.3 is 5.97 Å². The molecule has 2 aromatic rings. The highest BCUT2D eigenvalue weighted by Gasteiger charge is 2.27. The number of nitrogens with one attached hydrogen (secondary N) is 1. The van der Waals surface area contributed by atoms with Gasteiger partial charge in [0.15, 0.2) is 17.3 Å². The van der Waals surface area contributed by atoms with Gasteiger partial charge in [0, 0.05) is 0 Å². The van der Waals surface area contributed by atoms with E-state index in [0.29, 0.717) is 35.8 Å². The summed E-state index contributed by atoms with van der Waals surface area (Å²) in [5, 5.41) is 15.7. The molecule has 1 aromatic heterocycles. The summed E-state index contributed by atoms with van der Waals surface area (Å²) in [7, 11) is 3.20. The zero-order valence-corrected chi connectivity index (χ0v) is 19.1. The molecule has 1 aromatic carbocycles. The van der Waals surface area contributed by atoms with Crippen LogP contribution in [0.1, 0.15) is 50.0 Å².